The highest BCUT2D eigenvalue weighted by Crippen LogP contribution is 2.31. The lowest BCUT2D eigenvalue weighted by molar-refractivity contribution is -0.00155. The summed E-state index contributed by atoms with van der Waals surface area (Å²) in [5.41, 5.74) is 1.63. The Balaban J connectivity index is 1.90. The highest BCUT2D eigenvalue weighted by molar-refractivity contribution is 5.08. The van der Waals surface area contributed by atoms with Crippen LogP contribution in [0.5, 0.6) is 0 Å². The second kappa shape index (κ2) is 8.47. The van der Waals surface area contributed by atoms with Gasteiger partial charge in [0.1, 0.15) is 0 Å². The number of rotatable bonds is 8. The van der Waals surface area contributed by atoms with Crippen molar-refractivity contribution in [3.63, 3.8) is 0 Å². The van der Waals surface area contributed by atoms with Crippen molar-refractivity contribution in [3.05, 3.63) is 30.1 Å². The van der Waals surface area contributed by atoms with Crippen LogP contribution in [0.1, 0.15) is 31.7 Å². The Morgan fingerprint density at radius 1 is 1.38 bits per heavy atom. The summed E-state index contributed by atoms with van der Waals surface area (Å²) in [6.07, 6.45) is 7.29. The Morgan fingerprint density at radius 2 is 2.19 bits per heavy atom. The smallest absolute Gasteiger partial charge is 0.0472 e. The van der Waals surface area contributed by atoms with Gasteiger partial charge in [0.15, 0.2) is 0 Å². The van der Waals surface area contributed by atoms with Gasteiger partial charge in [0.05, 0.1) is 0 Å². The molecule has 0 aromatic carbocycles. The summed E-state index contributed by atoms with van der Waals surface area (Å²) < 4.78 is 5.57. The Kier molecular flexibility index (Phi) is 6.61. The first-order valence-electron chi connectivity index (χ1n) is 8.10. The number of pyridine rings is 1. The van der Waals surface area contributed by atoms with Crippen molar-refractivity contribution in [2.75, 3.05) is 39.9 Å². The summed E-state index contributed by atoms with van der Waals surface area (Å²) >= 11 is 0. The average Bonchev–Trinajstić information content (AvgIpc) is 2.49. The number of nitrogens with one attached hydrogen (secondary N) is 1. The molecule has 2 heterocycles. The molecular formula is C17H29N3O. The van der Waals surface area contributed by atoms with Crippen LogP contribution in [0.2, 0.25) is 0 Å². The topological polar surface area (TPSA) is 37.4 Å². The molecule has 118 valence electrons. The van der Waals surface area contributed by atoms with Gasteiger partial charge in [-0.3, -0.25) is 4.98 Å². The molecule has 0 amide bonds. The van der Waals surface area contributed by atoms with Crippen molar-refractivity contribution < 1.29 is 4.74 Å². The molecule has 1 N–H and O–H groups in total. The first kappa shape index (κ1) is 16.4. The van der Waals surface area contributed by atoms with E-state index in [-0.39, 0.29) is 0 Å². The lowest BCUT2D eigenvalue weighted by Gasteiger charge is -2.40. The zero-order chi connectivity index (χ0) is 15.0. The zero-order valence-corrected chi connectivity index (χ0v) is 13.5. The van der Waals surface area contributed by atoms with Gasteiger partial charge in [-0.05, 0) is 49.9 Å². The van der Waals surface area contributed by atoms with Gasteiger partial charge in [0.25, 0.3) is 0 Å². The number of ether oxygens (including phenoxy) is 1. The second-order valence-corrected chi connectivity index (χ2v) is 6.32. The fourth-order valence-electron chi connectivity index (χ4n) is 3.16. The standard InChI is InChI=1S/C17H29N3O/c1-3-8-19-14-17(6-10-21-11-7-17)15-20(2)13-16-5-4-9-18-12-16/h4-5,9,12,19H,3,6-8,10-11,13-15H2,1-2H3. The Morgan fingerprint density at radius 3 is 2.86 bits per heavy atom. The van der Waals surface area contributed by atoms with Gasteiger partial charge >= 0.3 is 0 Å². The molecule has 0 saturated carbocycles. The van der Waals surface area contributed by atoms with Crippen LogP contribution in [0.25, 0.3) is 0 Å². The quantitative estimate of drug-likeness (QED) is 0.746. The van der Waals surface area contributed by atoms with Crippen molar-refractivity contribution >= 4 is 0 Å². The molecule has 1 aliphatic rings. The molecule has 0 atom stereocenters. The van der Waals surface area contributed by atoms with Gasteiger partial charge in [-0.25, -0.2) is 0 Å². The van der Waals surface area contributed by atoms with E-state index in [0.717, 1.165) is 52.2 Å². The average molecular weight is 291 g/mol. The Labute approximate surface area is 128 Å². The van der Waals surface area contributed by atoms with Gasteiger partial charge in [-0.2, -0.15) is 0 Å². The van der Waals surface area contributed by atoms with Crippen LogP contribution in [0, 0.1) is 5.41 Å². The largest absolute Gasteiger partial charge is 0.381 e. The normalized spacial score (nSPS) is 18.0. The molecule has 1 saturated heterocycles. The summed E-state index contributed by atoms with van der Waals surface area (Å²) in [5, 5.41) is 3.62. The van der Waals surface area contributed by atoms with Crippen LogP contribution in [0.4, 0.5) is 0 Å². The number of hydrogen-bond donors (Lipinski definition) is 1. The molecule has 1 aliphatic heterocycles. The first-order chi connectivity index (χ1) is 10.2. The van der Waals surface area contributed by atoms with E-state index < -0.39 is 0 Å². The molecule has 0 radical (unpaired) electrons. The second-order valence-electron chi connectivity index (χ2n) is 6.32. The monoisotopic (exact) mass is 291 g/mol. The van der Waals surface area contributed by atoms with E-state index in [0.29, 0.717) is 5.41 Å². The minimum absolute atomic E-state index is 0.352. The Hall–Kier alpha value is -0.970. The summed E-state index contributed by atoms with van der Waals surface area (Å²) in [7, 11) is 2.21. The predicted molar refractivity (Wildman–Crippen MR) is 86.2 cm³/mol. The van der Waals surface area contributed by atoms with Crippen molar-refractivity contribution in [3.8, 4) is 0 Å². The van der Waals surface area contributed by atoms with Crippen molar-refractivity contribution in [2.24, 2.45) is 5.41 Å². The number of hydrogen-bond acceptors (Lipinski definition) is 4. The van der Waals surface area contributed by atoms with E-state index in [1.54, 1.807) is 0 Å². The molecule has 0 aliphatic carbocycles. The molecule has 4 nitrogen and oxygen atoms in total. The third-order valence-corrected chi connectivity index (χ3v) is 4.26. The molecule has 1 aromatic heterocycles. The van der Waals surface area contributed by atoms with E-state index in [1.807, 2.05) is 18.5 Å². The zero-order valence-electron chi connectivity index (χ0n) is 13.5. The first-order valence-corrected chi connectivity index (χ1v) is 8.10. The highest BCUT2D eigenvalue weighted by atomic mass is 16.5. The summed E-state index contributed by atoms with van der Waals surface area (Å²) in [6, 6.07) is 4.16. The number of aromatic nitrogens is 1. The van der Waals surface area contributed by atoms with Gasteiger partial charge in [0.2, 0.25) is 0 Å². The summed E-state index contributed by atoms with van der Waals surface area (Å²) in [6.45, 7) is 8.30. The maximum atomic E-state index is 5.57. The molecule has 1 aromatic rings. The third-order valence-electron chi connectivity index (χ3n) is 4.26. The van der Waals surface area contributed by atoms with Crippen molar-refractivity contribution in [2.45, 2.75) is 32.7 Å². The van der Waals surface area contributed by atoms with Crippen LogP contribution >= 0.6 is 0 Å². The SMILES string of the molecule is CCCNCC1(CN(C)Cc2cccnc2)CCOCC1. The fourth-order valence-corrected chi connectivity index (χ4v) is 3.16. The Bertz CT molecular complexity index is 390. The van der Waals surface area contributed by atoms with Crippen LogP contribution in [-0.2, 0) is 11.3 Å². The predicted octanol–water partition coefficient (Wildman–Crippen LogP) is 2.31. The molecule has 0 unspecified atom stereocenters. The lowest BCUT2D eigenvalue weighted by atomic mass is 9.79. The molecule has 2 rings (SSSR count). The molecule has 0 spiro atoms. The van der Waals surface area contributed by atoms with E-state index in [4.69, 9.17) is 4.74 Å². The molecule has 21 heavy (non-hydrogen) atoms. The maximum Gasteiger partial charge on any atom is 0.0472 e. The van der Waals surface area contributed by atoms with E-state index in [9.17, 15) is 0 Å². The maximum absolute atomic E-state index is 5.57. The van der Waals surface area contributed by atoms with Crippen LogP contribution in [-0.4, -0.2) is 49.8 Å². The van der Waals surface area contributed by atoms with Gasteiger partial charge in [-0.15, -0.1) is 0 Å². The highest BCUT2D eigenvalue weighted by Gasteiger charge is 2.33. The van der Waals surface area contributed by atoms with E-state index in [1.165, 1.54) is 12.0 Å². The van der Waals surface area contributed by atoms with E-state index in [2.05, 4.69) is 35.2 Å². The molecule has 4 heteroatoms. The van der Waals surface area contributed by atoms with Gasteiger partial charge < -0.3 is 15.0 Å². The minimum Gasteiger partial charge on any atom is -0.381 e. The number of nitrogens with zero attached hydrogens (tertiary/aromatic N) is 2. The summed E-state index contributed by atoms with van der Waals surface area (Å²) in [5.74, 6) is 0. The van der Waals surface area contributed by atoms with Crippen LogP contribution in [0.3, 0.4) is 0 Å². The molecule has 0 bridgehead atoms. The lowest BCUT2D eigenvalue weighted by Crippen LogP contribution is -2.46. The molecule has 1 fully saturated rings. The van der Waals surface area contributed by atoms with Crippen molar-refractivity contribution in [1.82, 2.24) is 15.2 Å². The fraction of sp³-hybridized carbons (Fsp3) is 0.706. The summed E-state index contributed by atoms with van der Waals surface area (Å²) in [4.78, 5) is 6.63. The van der Waals surface area contributed by atoms with Gasteiger partial charge in [0, 0.05) is 45.2 Å². The van der Waals surface area contributed by atoms with Crippen LogP contribution < -0.4 is 5.32 Å². The van der Waals surface area contributed by atoms with Crippen LogP contribution in [0.15, 0.2) is 24.5 Å². The third kappa shape index (κ3) is 5.38. The van der Waals surface area contributed by atoms with E-state index >= 15 is 0 Å². The minimum atomic E-state index is 0.352. The van der Waals surface area contributed by atoms with Gasteiger partial charge in [-0.1, -0.05) is 13.0 Å². The molecular weight excluding hydrogens is 262 g/mol. The van der Waals surface area contributed by atoms with Crippen molar-refractivity contribution in [1.29, 1.82) is 0 Å².